The number of carbonyl (C=O) groups excluding carboxylic acids is 1. The van der Waals surface area contributed by atoms with Gasteiger partial charge in [-0.05, 0) is 36.1 Å². The van der Waals surface area contributed by atoms with E-state index in [2.05, 4.69) is 5.32 Å². The lowest BCUT2D eigenvalue weighted by atomic mass is 9.95. The number of carboxylic acid groups (broad SMARTS) is 1. The monoisotopic (exact) mass is 373 g/mol. The van der Waals surface area contributed by atoms with E-state index in [1.54, 1.807) is 13.8 Å². The Morgan fingerprint density at radius 3 is 2.22 bits per heavy atom. The predicted octanol–water partition coefficient (Wildman–Crippen LogP) is 2.32. The summed E-state index contributed by atoms with van der Waals surface area (Å²) in [7, 11) is 0. The molecule has 0 saturated carbocycles. The molecule has 0 radical (unpaired) electrons. The summed E-state index contributed by atoms with van der Waals surface area (Å²) in [6.45, 7) is 3.13. The van der Waals surface area contributed by atoms with E-state index >= 15 is 0 Å². The Labute approximate surface area is 157 Å². The maximum atomic E-state index is 11.7. The minimum absolute atomic E-state index is 0.0976. The van der Waals surface area contributed by atoms with Gasteiger partial charge in [-0.2, -0.15) is 0 Å². The van der Waals surface area contributed by atoms with E-state index in [0.29, 0.717) is 16.7 Å². The second kappa shape index (κ2) is 9.16. The number of rotatable bonds is 7. The molecule has 144 valence electrons. The van der Waals surface area contributed by atoms with E-state index in [-0.39, 0.29) is 18.7 Å². The van der Waals surface area contributed by atoms with Crippen LogP contribution in [0.25, 0.3) is 0 Å². The van der Waals surface area contributed by atoms with Gasteiger partial charge in [0.1, 0.15) is 18.8 Å². The van der Waals surface area contributed by atoms with Crippen LogP contribution in [0.3, 0.4) is 0 Å². The van der Waals surface area contributed by atoms with Crippen molar-refractivity contribution in [3.63, 3.8) is 0 Å². The van der Waals surface area contributed by atoms with E-state index in [9.17, 15) is 24.9 Å². The smallest absolute Gasteiger partial charge is 0.407 e. The number of amides is 1. The maximum Gasteiger partial charge on any atom is 0.407 e. The summed E-state index contributed by atoms with van der Waals surface area (Å²) < 4.78 is 5.04. The number of alkyl carbamates (subject to hydrolysis) is 1. The number of carboxylic acids is 1. The van der Waals surface area contributed by atoms with Crippen molar-refractivity contribution in [1.82, 2.24) is 5.32 Å². The molecule has 2 unspecified atom stereocenters. The molecule has 0 spiro atoms. The quantitative estimate of drug-likeness (QED) is 0.592. The van der Waals surface area contributed by atoms with Gasteiger partial charge in [0.25, 0.3) is 0 Å². The topological polar surface area (TPSA) is 116 Å². The van der Waals surface area contributed by atoms with Gasteiger partial charge in [-0.1, -0.05) is 42.5 Å². The van der Waals surface area contributed by atoms with Crippen LogP contribution < -0.4 is 5.32 Å². The van der Waals surface area contributed by atoms with Crippen molar-refractivity contribution >= 4 is 12.1 Å². The fraction of sp³-hybridized carbons (Fsp3) is 0.300. The predicted molar refractivity (Wildman–Crippen MR) is 98.5 cm³/mol. The van der Waals surface area contributed by atoms with Gasteiger partial charge in [0, 0.05) is 6.54 Å². The molecule has 2 atom stereocenters. The highest BCUT2D eigenvalue weighted by Gasteiger charge is 2.22. The third kappa shape index (κ3) is 5.54. The molecule has 0 aliphatic carbocycles. The normalized spacial score (nSPS) is 12.9. The van der Waals surface area contributed by atoms with E-state index < -0.39 is 24.3 Å². The highest BCUT2D eigenvalue weighted by molar-refractivity contribution is 5.91. The first-order valence-electron chi connectivity index (χ1n) is 8.44. The standard InChI is InChI=1S/C20H23NO6/c1-12-8-15(9-13(2)17(12)19(24)25)18(23)16(22)10-21-20(26)27-11-14-6-4-3-5-7-14/h3-9,16,18,22-23H,10-11H2,1-2H3,(H,21,26)(H,24,25). The third-order valence-electron chi connectivity index (χ3n) is 4.14. The van der Waals surface area contributed by atoms with Crippen LogP contribution in [0.4, 0.5) is 4.79 Å². The minimum Gasteiger partial charge on any atom is -0.478 e. The van der Waals surface area contributed by atoms with Crippen LogP contribution in [0.5, 0.6) is 0 Å². The lowest BCUT2D eigenvalue weighted by molar-refractivity contribution is 0.0183. The average Bonchev–Trinajstić information content (AvgIpc) is 2.63. The number of ether oxygens (including phenoxy) is 1. The van der Waals surface area contributed by atoms with Gasteiger partial charge in [-0.25, -0.2) is 9.59 Å². The van der Waals surface area contributed by atoms with Crippen molar-refractivity contribution in [3.8, 4) is 0 Å². The molecule has 0 fully saturated rings. The molecule has 1 amide bonds. The molecule has 0 saturated heterocycles. The molecule has 4 N–H and O–H groups in total. The van der Waals surface area contributed by atoms with Crippen molar-refractivity contribution in [3.05, 3.63) is 70.3 Å². The van der Waals surface area contributed by atoms with Gasteiger partial charge in [0.15, 0.2) is 0 Å². The molecule has 0 aliphatic rings. The van der Waals surface area contributed by atoms with Gasteiger partial charge in [0.2, 0.25) is 0 Å². The van der Waals surface area contributed by atoms with Gasteiger partial charge < -0.3 is 25.4 Å². The van der Waals surface area contributed by atoms with Crippen LogP contribution in [0.15, 0.2) is 42.5 Å². The molecule has 0 bridgehead atoms. The zero-order valence-electron chi connectivity index (χ0n) is 15.2. The summed E-state index contributed by atoms with van der Waals surface area (Å²) in [5.74, 6) is -1.05. The summed E-state index contributed by atoms with van der Waals surface area (Å²) >= 11 is 0. The summed E-state index contributed by atoms with van der Waals surface area (Å²) in [5.41, 5.74) is 2.35. The maximum absolute atomic E-state index is 11.7. The minimum atomic E-state index is -1.28. The number of aryl methyl sites for hydroxylation is 2. The summed E-state index contributed by atoms with van der Waals surface area (Å²) in [5, 5.41) is 32.0. The van der Waals surface area contributed by atoms with Crippen molar-refractivity contribution < 1.29 is 29.6 Å². The average molecular weight is 373 g/mol. The molecule has 0 heterocycles. The van der Waals surface area contributed by atoms with Crippen LogP contribution in [0.2, 0.25) is 0 Å². The molecular weight excluding hydrogens is 350 g/mol. The van der Waals surface area contributed by atoms with Crippen LogP contribution in [-0.2, 0) is 11.3 Å². The van der Waals surface area contributed by atoms with Gasteiger partial charge in [-0.15, -0.1) is 0 Å². The molecule has 7 nitrogen and oxygen atoms in total. The Kier molecular flexibility index (Phi) is 6.92. The molecule has 2 rings (SSSR count). The molecule has 2 aromatic carbocycles. The molecule has 0 aliphatic heterocycles. The summed E-state index contributed by atoms with van der Waals surface area (Å²) in [6.07, 6.45) is -3.26. The first-order valence-corrected chi connectivity index (χ1v) is 8.44. The second-order valence-electron chi connectivity index (χ2n) is 6.29. The number of hydrogen-bond acceptors (Lipinski definition) is 5. The lowest BCUT2D eigenvalue weighted by Crippen LogP contribution is -2.35. The Bertz CT molecular complexity index is 782. The number of carbonyl (C=O) groups is 2. The highest BCUT2D eigenvalue weighted by Crippen LogP contribution is 2.23. The van der Waals surface area contributed by atoms with Crippen LogP contribution in [-0.4, -0.2) is 40.0 Å². The molecule has 0 aromatic heterocycles. The van der Waals surface area contributed by atoms with Crippen LogP contribution in [0, 0.1) is 13.8 Å². The summed E-state index contributed by atoms with van der Waals surface area (Å²) in [6, 6.07) is 12.2. The fourth-order valence-electron chi connectivity index (χ4n) is 2.80. The van der Waals surface area contributed by atoms with Crippen molar-refractivity contribution in [1.29, 1.82) is 0 Å². The number of aliphatic hydroxyl groups is 2. The van der Waals surface area contributed by atoms with Crippen molar-refractivity contribution in [2.75, 3.05) is 6.54 Å². The van der Waals surface area contributed by atoms with E-state index in [0.717, 1.165) is 5.56 Å². The molecular formula is C20H23NO6. The van der Waals surface area contributed by atoms with Gasteiger partial charge in [-0.3, -0.25) is 0 Å². The molecule has 7 heteroatoms. The Hall–Kier alpha value is -2.90. The number of hydrogen-bond donors (Lipinski definition) is 4. The number of aromatic carboxylic acids is 1. The van der Waals surface area contributed by atoms with Crippen LogP contribution in [0.1, 0.15) is 38.7 Å². The molecule has 2 aromatic rings. The summed E-state index contributed by atoms with van der Waals surface area (Å²) in [4.78, 5) is 22.9. The van der Waals surface area contributed by atoms with E-state index in [1.807, 2.05) is 30.3 Å². The number of nitrogens with one attached hydrogen (secondary N) is 1. The zero-order valence-corrected chi connectivity index (χ0v) is 15.2. The third-order valence-corrected chi connectivity index (χ3v) is 4.14. The lowest BCUT2D eigenvalue weighted by Gasteiger charge is -2.20. The Balaban J connectivity index is 1.90. The van der Waals surface area contributed by atoms with Crippen molar-refractivity contribution in [2.24, 2.45) is 0 Å². The second-order valence-corrected chi connectivity index (χ2v) is 6.29. The number of aliphatic hydroxyl groups excluding tert-OH is 2. The fourth-order valence-corrected chi connectivity index (χ4v) is 2.80. The van der Waals surface area contributed by atoms with Crippen LogP contribution >= 0.6 is 0 Å². The first kappa shape index (κ1) is 20.4. The zero-order chi connectivity index (χ0) is 20.0. The highest BCUT2D eigenvalue weighted by atomic mass is 16.5. The SMILES string of the molecule is Cc1cc(C(O)C(O)CNC(=O)OCc2ccccc2)cc(C)c1C(=O)O. The first-order chi connectivity index (χ1) is 12.8. The van der Waals surface area contributed by atoms with Crippen molar-refractivity contribution in [2.45, 2.75) is 32.7 Å². The van der Waals surface area contributed by atoms with Gasteiger partial charge in [0.05, 0.1) is 5.56 Å². The number of benzene rings is 2. The van der Waals surface area contributed by atoms with E-state index in [4.69, 9.17) is 4.74 Å². The van der Waals surface area contributed by atoms with Gasteiger partial charge >= 0.3 is 12.1 Å². The largest absolute Gasteiger partial charge is 0.478 e. The Morgan fingerprint density at radius 2 is 1.67 bits per heavy atom. The van der Waals surface area contributed by atoms with E-state index in [1.165, 1.54) is 12.1 Å². The molecule has 27 heavy (non-hydrogen) atoms. The Morgan fingerprint density at radius 1 is 1.07 bits per heavy atom.